The first-order chi connectivity index (χ1) is 10.9. The van der Waals surface area contributed by atoms with E-state index in [0.29, 0.717) is 17.8 Å². The van der Waals surface area contributed by atoms with Crippen LogP contribution in [0.25, 0.3) is 0 Å². The number of hydrogen-bond acceptors (Lipinski definition) is 4. The highest BCUT2D eigenvalue weighted by Gasteiger charge is 2.29. The number of rotatable bonds is 3. The van der Waals surface area contributed by atoms with Crippen molar-refractivity contribution in [2.24, 2.45) is 5.92 Å². The monoisotopic (exact) mass is 384 g/mol. The molecule has 0 aromatic carbocycles. The van der Waals surface area contributed by atoms with Gasteiger partial charge in [0, 0.05) is 6.20 Å². The normalized spacial score (nSPS) is 34.5. The van der Waals surface area contributed by atoms with E-state index in [1.807, 2.05) is 10.9 Å². The lowest BCUT2D eigenvalue weighted by atomic mass is 10.0. The van der Waals surface area contributed by atoms with Crippen LogP contribution in [0.2, 0.25) is 0 Å². The highest BCUT2D eigenvalue weighted by atomic mass is 79.9. The van der Waals surface area contributed by atoms with Gasteiger partial charge in [0.1, 0.15) is 0 Å². The summed E-state index contributed by atoms with van der Waals surface area (Å²) in [7, 11) is 0. The number of halogens is 1. The van der Waals surface area contributed by atoms with Crippen molar-refractivity contribution in [3.05, 3.63) is 10.7 Å². The van der Waals surface area contributed by atoms with Crippen LogP contribution >= 0.6 is 15.9 Å². The molecule has 2 aliphatic heterocycles. The van der Waals surface area contributed by atoms with Gasteiger partial charge in [-0.05, 0) is 61.5 Å². The molecule has 128 valence electrons. The number of aromatic nitrogens is 2. The highest BCUT2D eigenvalue weighted by Crippen LogP contribution is 2.31. The van der Waals surface area contributed by atoms with Crippen LogP contribution in [0.3, 0.4) is 0 Å². The molecule has 0 saturated carbocycles. The molecule has 1 aromatic heterocycles. The molecule has 3 heterocycles. The van der Waals surface area contributed by atoms with Crippen molar-refractivity contribution in [2.75, 3.05) is 11.9 Å². The van der Waals surface area contributed by atoms with E-state index in [4.69, 9.17) is 4.74 Å². The van der Waals surface area contributed by atoms with Crippen LogP contribution in [0.1, 0.15) is 46.1 Å². The predicted octanol–water partition coefficient (Wildman–Crippen LogP) is 2.71. The summed E-state index contributed by atoms with van der Waals surface area (Å²) in [5.74, 6) is 1.13. The van der Waals surface area contributed by atoms with Crippen LogP contribution in [0.4, 0.5) is 5.82 Å². The molecule has 2 saturated heterocycles. The van der Waals surface area contributed by atoms with Gasteiger partial charge in [-0.2, -0.15) is 5.10 Å². The van der Waals surface area contributed by atoms with Crippen molar-refractivity contribution in [1.82, 2.24) is 15.1 Å². The van der Waals surface area contributed by atoms with Gasteiger partial charge in [-0.1, -0.05) is 6.92 Å². The van der Waals surface area contributed by atoms with E-state index in [1.54, 1.807) is 0 Å². The average molecular weight is 385 g/mol. The molecule has 2 N–H and O–H groups in total. The van der Waals surface area contributed by atoms with Crippen molar-refractivity contribution in [3.8, 4) is 0 Å². The summed E-state index contributed by atoms with van der Waals surface area (Å²) in [6, 6.07) is 0.186. The summed E-state index contributed by atoms with van der Waals surface area (Å²) in [6.07, 6.45) is 5.17. The van der Waals surface area contributed by atoms with Gasteiger partial charge < -0.3 is 15.4 Å². The predicted molar refractivity (Wildman–Crippen MR) is 92.4 cm³/mol. The second-order valence-corrected chi connectivity index (χ2v) is 7.83. The first kappa shape index (κ1) is 16.9. The minimum absolute atomic E-state index is 0.00554. The third-order valence-electron chi connectivity index (χ3n) is 4.64. The fourth-order valence-electron chi connectivity index (χ4n) is 3.54. The third-order valence-corrected chi connectivity index (χ3v) is 5.22. The van der Waals surface area contributed by atoms with E-state index >= 15 is 0 Å². The van der Waals surface area contributed by atoms with E-state index in [2.05, 4.69) is 52.4 Å². The average Bonchev–Trinajstić information content (AvgIpc) is 3.05. The fourth-order valence-corrected chi connectivity index (χ4v) is 3.93. The van der Waals surface area contributed by atoms with Gasteiger partial charge in [0.05, 0.1) is 28.8 Å². The quantitative estimate of drug-likeness (QED) is 0.840. The highest BCUT2D eigenvalue weighted by molar-refractivity contribution is 9.10. The van der Waals surface area contributed by atoms with E-state index in [9.17, 15) is 4.79 Å². The zero-order valence-electron chi connectivity index (χ0n) is 13.9. The molecule has 0 spiro atoms. The number of carbonyl (C=O) groups excluding carboxylic acids is 1. The smallest absolute Gasteiger partial charge is 0.242 e. The van der Waals surface area contributed by atoms with Gasteiger partial charge in [0.15, 0.2) is 5.82 Å². The molecule has 4 atom stereocenters. The second kappa shape index (κ2) is 6.91. The lowest BCUT2D eigenvalue weighted by Gasteiger charge is -2.32. The lowest BCUT2D eigenvalue weighted by Crippen LogP contribution is -2.35. The van der Waals surface area contributed by atoms with Gasteiger partial charge in [-0.25, -0.2) is 0 Å². The number of hydrogen-bond donors (Lipinski definition) is 2. The summed E-state index contributed by atoms with van der Waals surface area (Å²) in [5.41, 5.74) is 0. The van der Waals surface area contributed by atoms with Gasteiger partial charge in [0.25, 0.3) is 0 Å². The van der Waals surface area contributed by atoms with Crippen molar-refractivity contribution in [2.45, 2.75) is 64.3 Å². The van der Waals surface area contributed by atoms with Gasteiger partial charge >= 0.3 is 0 Å². The first-order valence-electron chi connectivity index (χ1n) is 8.36. The van der Waals surface area contributed by atoms with E-state index in [0.717, 1.165) is 30.3 Å². The molecule has 1 amide bonds. The Morgan fingerprint density at radius 2 is 2.04 bits per heavy atom. The molecule has 2 unspecified atom stereocenters. The van der Waals surface area contributed by atoms with Crippen LogP contribution < -0.4 is 10.6 Å². The van der Waals surface area contributed by atoms with Crippen LogP contribution in [-0.4, -0.2) is 40.5 Å². The van der Waals surface area contributed by atoms with Crippen LogP contribution in [0, 0.1) is 5.92 Å². The SMILES string of the molecule is CC1CC(n2cc(Br)c(NC(=O)[C@@H]3C[C@@H](C)CN3)n2)CC(C)O1. The summed E-state index contributed by atoms with van der Waals surface area (Å²) in [6.45, 7) is 7.23. The topological polar surface area (TPSA) is 68.2 Å². The molecular weight excluding hydrogens is 360 g/mol. The number of ether oxygens (including phenoxy) is 1. The summed E-state index contributed by atoms with van der Waals surface area (Å²) in [5, 5.41) is 10.8. The van der Waals surface area contributed by atoms with Crippen LogP contribution in [0.5, 0.6) is 0 Å². The molecule has 0 bridgehead atoms. The molecule has 0 aliphatic carbocycles. The van der Waals surface area contributed by atoms with E-state index < -0.39 is 0 Å². The fraction of sp³-hybridized carbons (Fsp3) is 0.750. The van der Waals surface area contributed by atoms with Gasteiger partial charge in [-0.3, -0.25) is 9.48 Å². The number of carbonyl (C=O) groups is 1. The Hall–Kier alpha value is -0.920. The summed E-state index contributed by atoms with van der Waals surface area (Å²) >= 11 is 3.51. The Kier molecular flexibility index (Phi) is 5.08. The van der Waals surface area contributed by atoms with Crippen molar-refractivity contribution >= 4 is 27.7 Å². The van der Waals surface area contributed by atoms with Crippen LogP contribution in [0.15, 0.2) is 10.7 Å². The molecule has 2 aliphatic rings. The Labute approximate surface area is 145 Å². The number of amides is 1. The maximum atomic E-state index is 12.3. The zero-order chi connectivity index (χ0) is 16.6. The van der Waals surface area contributed by atoms with Gasteiger partial charge in [0.2, 0.25) is 5.91 Å². The standard InChI is InChI=1S/C16H25BrN4O2/c1-9-4-14(18-7-9)16(22)19-15-13(17)8-21(20-15)12-5-10(2)23-11(3)6-12/h8-12,14,18H,4-7H2,1-3H3,(H,19,20,22)/t9-,10?,11?,12?,14+/m1/s1. The maximum absolute atomic E-state index is 12.3. The van der Waals surface area contributed by atoms with E-state index in [-0.39, 0.29) is 24.2 Å². The molecule has 1 aromatic rings. The van der Waals surface area contributed by atoms with Gasteiger partial charge in [-0.15, -0.1) is 0 Å². The lowest BCUT2D eigenvalue weighted by molar-refractivity contribution is -0.117. The molecular formula is C16H25BrN4O2. The number of nitrogens with one attached hydrogen (secondary N) is 2. The molecule has 0 radical (unpaired) electrons. The summed E-state index contributed by atoms with van der Waals surface area (Å²) < 4.78 is 8.57. The summed E-state index contributed by atoms with van der Waals surface area (Å²) in [4.78, 5) is 12.3. The number of anilines is 1. The minimum atomic E-state index is -0.120. The molecule has 23 heavy (non-hydrogen) atoms. The van der Waals surface area contributed by atoms with E-state index in [1.165, 1.54) is 0 Å². The molecule has 2 fully saturated rings. The molecule has 6 nitrogen and oxygen atoms in total. The number of nitrogens with zero attached hydrogens (tertiary/aromatic N) is 2. The molecule has 7 heteroatoms. The second-order valence-electron chi connectivity index (χ2n) is 6.98. The minimum Gasteiger partial charge on any atom is -0.375 e. The zero-order valence-corrected chi connectivity index (χ0v) is 15.5. The third kappa shape index (κ3) is 3.95. The Balaban J connectivity index is 1.67. The van der Waals surface area contributed by atoms with Crippen LogP contribution in [-0.2, 0) is 9.53 Å². The Bertz CT molecular complexity index is 566. The Morgan fingerprint density at radius 3 is 2.65 bits per heavy atom. The largest absolute Gasteiger partial charge is 0.375 e. The first-order valence-corrected chi connectivity index (χ1v) is 9.16. The molecule has 3 rings (SSSR count). The maximum Gasteiger partial charge on any atom is 0.242 e. The van der Waals surface area contributed by atoms with Crippen molar-refractivity contribution in [3.63, 3.8) is 0 Å². The Morgan fingerprint density at radius 1 is 1.35 bits per heavy atom. The van der Waals surface area contributed by atoms with Crippen molar-refractivity contribution < 1.29 is 9.53 Å². The van der Waals surface area contributed by atoms with Crippen molar-refractivity contribution in [1.29, 1.82) is 0 Å².